The summed E-state index contributed by atoms with van der Waals surface area (Å²) in [7, 11) is 0. The molecule has 3 atom stereocenters. The molecule has 3 amide bonds. The Morgan fingerprint density at radius 3 is 1.77 bits per heavy atom. The highest BCUT2D eigenvalue weighted by Crippen LogP contribution is 2.11. The maximum atomic E-state index is 12.8. The van der Waals surface area contributed by atoms with Crippen LogP contribution in [0, 0.1) is 5.92 Å². The van der Waals surface area contributed by atoms with Crippen molar-refractivity contribution < 1.29 is 52.5 Å². The molecule has 0 rings (SSSR count). The second-order valence-electron chi connectivity index (χ2n) is 9.18. The van der Waals surface area contributed by atoms with Gasteiger partial charge in [0.25, 0.3) is 5.78 Å². The monoisotopic (exact) mass is 509 g/mol. The van der Waals surface area contributed by atoms with Gasteiger partial charge in [-0.05, 0) is 39.5 Å². The van der Waals surface area contributed by atoms with Gasteiger partial charge in [-0.3, -0.25) is 19.2 Å². The Labute approximate surface area is 201 Å². The lowest BCUT2D eigenvalue weighted by Crippen LogP contribution is -2.57. The highest BCUT2D eigenvalue weighted by Gasteiger charge is 2.34. The Hall–Kier alpha value is -3.32. The molecule has 14 heteroatoms. The summed E-state index contributed by atoms with van der Waals surface area (Å²) in [6.07, 6.45) is -6.28. The van der Waals surface area contributed by atoms with Crippen molar-refractivity contribution >= 4 is 35.6 Å². The number of amides is 3. The number of alkyl carbamates (subject to hydrolysis) is 1. The van der Waals surface area contributed by atoms with Gasteiger partial charge in [0.15, 0.2) is 0 Å². The van der Waals surface area contributed by atoms with Gasteiger partial charge in [0.2, 0.25) is 18.2 Å². The predicted octanol–water partition coefficient (Wildman–Crippen LogP) is 1.07. The van der Waals surface area contributed by atoms with Gasteiger partial charge >= 0.3 is 18.0 Å². The van der Waals surface area contributed by atoms with Crippen molar-refractivity contribution in [1.82, 2.24) is 16.0 Å². The maximum absolute atomic E-state index is 12.8. The van der Waals surface area contributed by atoms with Crippen molar-refractivity contribution in [2.75, 3.05) is 0 Å². The zero-order valence-electron chi connectivity index (χ0n) is 20.2. The number of Topliss-reactive ketones (excluding diaryl/α,β-unsaturated/α-hetero) is 1. The minimum Gasteiger partial charge on any atom is -0.481 e. The van der Waals surface area contributed by atoms with Crippen LogP contribution < -0.4 is 16.0 Å². The molecule has 0 aromatic rings. The number of carbonyl (C=O) groups is 6. The second kappa shape index (κ2) is 14.2. The van der Waals surface area contributed by atoms with Crippen LogP contribution in [-0.4, -0.2) is 76.0 Å². The average molecular weight is 510 g/mol. The molecule has 0 aromatic carbocycles. The normalized spacial score (nSPS) is 14.0. The first-order chi connectivity index (χ1) is 15.9. The van der Waals surface area contributed by atoms with E-state index in [-0.39, 0.29) is 18.8 Å². The van der Waals surface area contributed by atoms with E-state index in [1.807, 2.05) is 5.32 Å². The molecule has 0 radical (unpaired) electrons. The Morgan fingerprint density at radius 2 is 1.34 bits per heavy atom. The van der Waals surface area contributed by atoms with E-state index in [0.29, 0.717) is 0 Å². The lowest BCUT2D eigenvalue weighted by molar-refractivity contribution is -0.151. The number of rotatable bonds is 14. The number of alkyl halides is 2. The topological polar surface area (TPSA) is 188 Å². The van der Waals surface area contributed by atoms with Crippen LogP contribution in [-0.2, 0) is 28.7 Å². The summed E-state index contributed by atoms with van der Waals surface area (Å²) in [5, 5.41) is 24.2. The van der Waals surface area contributed by atoms with Gasteiger partial charge in [-0.25, -0.2) is 18.4 Å². The molecule has 0 saturated carbocycles. The smallest absolute Gasteiger partial charge is 0.408 e. The molecule has 35 heavy (non-hydrogen) atoms. The van der Waals surface area contributed by atoms with Crippen LogP contribution in [0.3, 0.4) is 0 Å². The van der Waals surface area contributed by atoms with E-state index in [4.69, 9.17) is 14.9 Å². The first-order valence-electron chi connectivity index (χ1n) is 10.8. The fraction of sp³-hybridized carbons (Fsp3) is 0.714. The maximum Gasteiger partial charge on any atom is 0.408 e. The van der Waals surface area contributed by atoms with Gasteiger partial charge < -0.3 is 30.9 Å². The molecule has 0 saturated heterocycles. The van der Waals surface area contributed by atoms with Crippen LogP contribution in [0.1, 0.15) is 60.3 Å². The third-order valence-corrected chi connectivity index (χ3v) is 4.25. The van der Waals surface area contributed by atoms with E-state index >= 15 is 0 Å². The zero-order valence-corrected chi connectivity index (χ0v) is 20.2. The number of halogens is 2. The van der Waals surface area contributed by atoms with Crippen molar-refractivity contribution in [1.29, 1.82) is 0 Å². The molecule has 0 bridgehead atoms. The Kier molecular flexibility index (Phi) is 12.8. The lowest BCUT2D eigenvalue weighted by atomic mass is 10.0. The van der Waals surface area contributed by atoms with Crippen molar-refractivity contribution in [3.8, 4) is 0 Å². The van der Waals surface area contributed by atoms with Crippen molar-refractivity contribution in [2.45, 2.75) is 90.5 Å². The molecular formula is C21H33F2N3O9. The fourth-order valence-electron chi connectivity index (χ4n) is 2.79. The number of ether oxygens (including phenoxy) is 1. The molecule has 5 N–H and O–H groups in total. The number of aliphatic carboxylic acids is 2. The standard InChI is InChI=1S/C21H33F2N3O9/c1-10(2)8-13(18(31)24-12(9-14(22)23)16(29)19(32)33)25-17(30)11(6-7-15(27)28)26-20(34)35-21(3,4)5/h10-14H,6-9H2,1-5H3,(H,24,31)(H,25,30)(H,26,34)(H,27,28)(H,32,33)/t11-,12-,13-/m0/s1. The number of carboxylic acids is 2. The van der Waals surface area contributed by atoms with Crippen LogP contribution in [0.15, 0.2) is 0 Å². The Bertz CT molecular complexity index is 797. The molecule has 0 aromatic heterocycles. The molecule has 0 unspecified atom stereocenters. The predicted molar refractivity (Wildman–Crippen MR) is 117 cm³/mol. The summed E-state index contributed by atoms with van der Waals surface area (Å²) in [5.74, 6) is -7.22. The van der Waals surface area contributed by atoms with Crippen molar-refractivity contribution in [3.63, 3.8) is 0 Å². The molecule has 0 spiro atoms. The number of carboxylic acid groups (broad SMARTS) is 2. The summed E-state index contributed by atoms with van der Waals surface area (Å²) >= 11 is 0. The molecule has 0 heterocycles. The van der Waals surface area contributed by atoms with Gasteiger partial charge in [-0.2, -0.15) is 0 Å². The summed E-state index contributed by atoms with van der Waals surface area (Å²) in [5.41, 5.74) is -0.922. The number of ketones is 1. The number of nitrogens with one attached hydrogen (secondary N) is 3. The van der Waals surface area contributed by atoms with Crippen LogP contribution in [0.4, 0.5) is 13.6 Å². The molecule has 0 aliphatic heterocycles. The fourth-order valence-corrected chi connectivity index (χ4v) is 2.79. The average Bonchev–Trinajstić information content (AvgIpc) is 2.66. The van der Waals surface area contributed by atoms with Gasteiger partial charge in [-0.1, -0.05) is 13.8 Å². The quantitative estimate of drug-likeness (QED) is 0.213. The second-order valence-corrected chi connectivity index (χ2v) is 9.18. The van der Waals surface area contributed by atoms with Gasteiger partial charge in [0, 0.05) is 12.8 Å². The molecule has 0 aliphatic carbocycles. The van der Waals surface area contributed by atoms with Gasteiger partial charge in [0.1, 0.15) is 23.7 Å². The number of carbonyl (C=O) groups excluding carboxylic acids is 4. The highest BCUT2D eigenvalue weighted by molar-refractivity contribution is 6.35. The Balaban J connectivity index is 5.69. The van der Waals surface area contributed by atoms with Gasteiger partial charge in [-0.15, -0.1) is 0 Å². The van der Waals surface area contributed by atoms with E-state index in [2.05, 4.69) is 10.6 Å². The summed E-state index contributed by atoms with van der Waals surface area (Å²) in [6, 6.07) is -4.87. The molecule has 12 nitrogen and oxygen atoms in total. The minimum atomic E-state index is -3.10. The van der Waals surface area contributed by atoms with Crippen LogP contribution in [0.2, 0.25) is 0 Å². The first kappa shape index (κ1) is 31.7. The summed E-state index contributed by atoms with van der Waals surface area (Å²) in [6.45, 7) is 8.04. The van der Waals surface area contributed by atoms with E-state index in [1.165, 1.54) is 0 Å². The Morgan fingerprint density at radius 1 is 0.829 bits per heavy atom. The highest BCUT2D eigenvalue weighted by atomic mass is 19.3. The SMILES string of the molecule is CC(C)C[C@H](NC(=O)[C@H](CCC(=O)O)NC(=O)OC(C)(C)C)C(=O)N[C@@H](CC(F)F)C(=O)C(=O)O. The van der Waals surface area contributed by atoms with Gasteiger partial charge in [0.05, 0.1) is 0 Å². The molecule has 0 aliphatic rings. The number of hydrogen-bond donors (Lipinski definition) is 5. The van der Waals surface area contributed by atoms with E-state index in [1.54, 1.807) is 34.6 Å². The van der Waals surface area contributed by atoms with Crippen LogP contribution in [0.5, 0.6) is 0 Å². The van der Waals surface area contributed by atoms with E-state index in [0.717, 1.165) is 0 Å². The number of hydrogen-bond acceptors (Lipinski definition) is 7. The lowest BCUT2D eigenvalue weighted by Gasteiger charge is -2.26. The summed E-state index contributed by atoms with van der Waals surface area (Å²) in [4.78, 5) is 71.2. The minimum absolute atomic E-state index is 0.0433. The van der Waals surface area contributed by atoms with Crippen LogP contribution in [0.25, 0.3) is 0 Å². The zero-order chi connectivity index (χ0) is 27.5. The third kappa shape index (κ3) is 13.9. The summed E-state index contributed by atoms with van der Waals surface area (Å²) < 4.78 is 30.7. The van der Waals surface area contributed by atoms with Crippen molar-refractivity contribution in [2.24, 2.45) is 5.92 Å². The van der Waals surface area contributed by atoms with Crippen molar-refractivity contribution in [3.05, 3.63) is 0 Å². The van der Waals surface area contributed by atoms with E-state index in [9.17, 15) is 37.5 Å². The van der Waals surface area contributed by atoms with E-state index < -0.39 is 78.6 Å². The first-order valence-corrected chi connectivity index (χ1v) is 10.8. The largest absolute Gasteiger partial charge is 0.481 e. The third-order valence-electron chi connectivity index (χ3n) is 4.25. The molecule has 0 fully saturated rings. The van der Waals surface area contributed by atoms with Crippen LogP contribution >= 0.6 is 0 Å². The molecule has 200 valence electrons. The molecular weight excluding hydrogens is 476 g/mol.